The molecule has 0 fully saturated rings. The van der Waals surface area contributed by atoms with Crippen LogP contribution < -0.4 is 4.74 Å². The number of rotatable bonds is 8. The van der Waals surface area contributed by atoms with Gasteiger partial charge in [-0.05, 0) is 46.5 Å². The Labute approximate surface area is 124 Å². The van der Waals surface area contributed by atoms with E-state index in [2.05, 4.69) is 46.8 Å². The third kappa shape index (κ3) is 4.79. The second kappa shape index (κ2) is 8.56. The topological polar surface area (TPSA) is 32.7 Å². The molecule has 1 aromatic carbocycles. The molecule has 1 N–H and O–H groups in total. The Morgan fingerprint density at radius 2 is 2.00 bits per heavy atom. The zero-order chi connectivity index (χ0) is 14.3. The van der Waals surface area contributed by atoms with E-state index in [1.165, 1.54) is 5.56 Å². The zero-order valence-corrected chi connectivity index (χ0v) is 13.6. The Morgan fingerprint density at radius 1 is 1.32 bits per heavy atom. The van der Waals surface area contributed by atoms with Gasteiger partial charge in [0.15, 0.2) is 0 Å². The first-order valence-electron chi connectivity index (χ1n) is 6.83. The lowest BCUT2D eigenvalue weighted by Crippen LogP contribution is -2.36. The number of aliphatic hydroxyl groups is 1. The molecule has 0 heterocycles. The third-order valence-corrected chi connectivity index (χ3v) is 4.07. The second-order valence-corrected chi connectivity index (χ2v) is 5.49. The van der Waals surface area contributed by atoms with E-state index in [0.717, 1.165) is 36.2 Å². The summed E-state index contributed by atoms with van der Waals surface area (Å²) in [6.45, 7) is 6.17. The van der Waals surface area contributed by atoms with Gasteiger partial charge in [0.25, 0.3) is 0 Å². The Kier molecular flexibility index (Phi) is 7.42. The summed E-state index contributed by atoms with van der Waals surface area (Å²) in [5.74, 6) is 0.847. The molecule has 1 aromatic rings. The van der Waals surface area contributed by atoms with E-state index in [4.69, 9.17) is 4.74 Å². The van der Waals surface area contributed by atoms with Crippen LogP contribution in [-0.4, -0.2) is 36.3 Å². The highest BCUT2D eigenvalue weighted by atomic mass is 79.9. The number of hydrogen-bond acceptors (Lipinski definition) is 3. The van der Waals surface area contributed by atoms with Gasteiger partial charge in [-0.2, -0.15) is 0 Å². The molecule has 4 heteroatoms. The maximum absolute atomic E-state index is 9.22. The lowest BCUT2D eigenvalue weighted by Gasteiger charge is -2.30. The predicted octanol–water partition coefficient (Wildman–Crippen LogP) is 3.44. The number of methoxy groups -OCH3 is 1. The summed E-state index contributed by atoms with van der Waals surface area (Å²) in [4.78, 5) is 2.34. The molecule has 0 saturated carbocycles. The summed E-state index contributed by atoms with van der Waals surface area (Å²) >= 11 is 3.51. The Morgan fingerprint density at radius 3 is 2.47 bits per heavy atom. The summed E-state index contributed by atoms with van der Waals surface area (Å²) in [6, 6.07) is 6.67. The number of ether oxygens (including phenoxy) is 1. The van der Waals surface area contributed by atoms with Gasteiger partial charge in [0, 0.05) is 19.1 Å². The highest BCUT2D eigenvalue weighted by Crippen LogP contribution is 2.26. The van der Waals surface area contributed by atoms with Crippen molar-refractivity contribution in [2.45, 2.75) is 39.3 Å². The number of hydrogen-bond donors (Lipinski definition) is 1. The summed E-state index contributed by atoms with van der Waals surface area (Å²) in [5.41, 5.74) is 1.23. The van der Waals surface area contributed by atoms with Crippen LogP contribution in [0.2, 0.25) is 0 Å². The summed E-state index contributed by atoms with van der Waals surface area (Å²) < 4.78 is 6.21. The van der Waals surface area contributed by atoms with Crippen LogP contribution in [-0.2, 0) is 6.54 Å². The van der Waals surface area contributed by atoms with E-state index in [9.17, 15) is 5.11 Å². The van der Waals surface area contributed by atoms with Crippen molar-refractivity contribution in [2.75, 3.05) is 20.3 Å². The Bertz CT molecular complexity index is 380. The van der Waals surface area contributed by atoms with E-state index >= 15 is 0 Å². The van der Waals surface area contributed by atoms with E-state index in [1.54, 1.807) is 7.11 Å². The monoisotopic (exact) mass is 329 g/mol. The minimum Gasteiger partial charge on any atom is -0.496 e. The fourth-order valence-corrected chi connectivity index (χ4v) is 2.96. The highest BCUT2D eigenvalue weighted by Gasteiger charge is 2.15. The van der Waals surface area contributed by atoms with E-state index in [-0.39, 0.29) is 6.61 Å². The van der Waals surface area contributed by atoms with Gasteiger partial charge in [-0.3, -0.25) is 4.90 Å². The number of halogens is 1. The normalized spacial score (nSPS) is 11.3. The third-order valence-electron chi connectivity index (χ3n) is 3.45. The van der Waals surface area contributed by atoms with E-state index in [1.807, 2.05) is 6.07 Å². The SMILES string of the molecule is CCC(CC)N(CCO)Cc1ccc(OC)c(Br)c1. The average molecular weight is 330 g/mol. The molecule has 108 valence electrons. The highest BCUT2D eigenvalue weighted by molar-refractivity contribution is 9.10. The average Bonchev–Trinajstić information content (AvgIpc) is 2.40. The van der Waals surface area contributed by atoms with Gasteiger partial charge in [0.2, 0.25) is 0 Å². The maximum atomic E-state index is 9.22. The van der Waals surface area contributed by atoms with Crippen LogP contribution in [0.3, 0.4) is 0 Å². The van der Waals surface area contributed by atoms with Crippen LogP contribution in [0.5, 0.6) is 5.75 Å². The van der Waals surface area contributed by atoms with Gasteiger partial charge >= 0.3 is 0 Å². The fraction of sp³-hybridized carbons (Fsp3) is 0.600. The van der Waals surface area contributed by atoms with Gasteiger partial charge in [-0.25, -0.2) is 0 Å². The Balaban J connectivity index is 2.81. The van der Waals surface area contributed by atoms with E-state index in [0.29, 0.717) is 6.04 Å². The summed E-state index contributed by atoms with van der Waals surface area (Å²) in [5, 5.41) is 9.22. The molecule has 0 aliphatic rings. The molecular weight excluding hydrogens is 306 g/mol. The van der Waals surface area contributed by atoms with Gasteiger partial charge in [-0.15, -0.1) is 0 Å². The molecule has 0 spiro atoms. The number of benzene rings is 1. The molecule has 3 nitrogen and oxygen atoms in total. The summed E-state index contributed by atoms with van der Waals surface area (Å²) in [7, 11) is 1.67. The lowest BCUT2D eigenvalue weighted by molar-refractivity contribution is 0.136. The molecule has 0 bridgehead atoms. The lowest BCUT2D eigenvalue weighted by atomic mass is 10.1. The quantitative estimate of drug-likeness (QED) is 0.793. The zero-order valence-electron chi connectivity index (χ0n) is 12.0. The fourth-order valence-electron chi connectivity index (χ4n) is 2.37. The Hall–Kier alpha value is -0.580. The predicted molar refractivity (Wildman–Crippen MR) is 82.6 cm³/mol. The number of nitrogens with zero attached hydrogens (tertiary/aromatic N) is 1. The first-order valence-corrected chi connectivity index (χ1v) is 7.62. The van der Waals surface area contributed by atoms with Crippen molar-refractivity contribution in [1.82, 2.24) is 4.90 Å². The smallest absolute Gasteiger partial charge is 0.133 e. The number of aliphatic hydroxyl groups excluding tert-OH is 1. The van der Waals surface area contributed by atoms with Crippen molar-refractivity contribution < 1.29 is 9.84 Å². The molecule has 0 aliphatic carbocycles. The minimum atomic E-state index is 0.202. The first kappa shape index (κ1) is 16.5. The van der Waals surface area contributed by atoms with Crippen molar-refractivity contribution in [1.29, 1.82) is 0 Å². The molecular formula is C15H24BrNO2. The molecule has 0 aromatic heterocycles. The molecule has 0 amide bonds. The van der Waals surface area contributed by atoms with Crippen LogP contribution >= 0.6 is 15.9 Å². The molecule has 19 heavy (non-hydrogen) atoms. The van der Waals surface area contributed by atoms with Gasteiger partial charge in [0.05, 0.1) is 18.2 Å². The molecule has 0 atom stereocenters. The van der Waals surface area contributed by atoms with Crippen molar-refractivity contribution in [3.63, 3.8) is 0 Å². The first-order chi connectivity index (χ1) is 9.15. The molecule has 1 rings (SSSR count). The van der Waals surface area contributed by atoms with Crippen LogP contribution in [0.1, 0.15) is 32.3 Å². The van der Waals surface area contributed by atoms with Crippen LogP contribution in [0.25, 0.3) is 0 Å². The van der Waals surface area contributed by atoms with Crippen molar-refractivity contribution in [3.8, 4) is 5.75 Å². The van der Waals surface area contributed by atoms with Crippen molar-refractivity contribution in [2.24, 2.45) is 0 Å². The maximum Gasteiger partial charge on any atom is 0.133 e. The molecule has 0 saturated heterocycles. The molecule has 0 aliphatic heterocycles. The molecule has 0 unspecified atom stereocenters. The van der Waals surface area contributed by atoms with Gasteiger partial charge < -0.3 is 9.84 Å². The van der Waals surface area contributed by atoms with Gasteiger partial charge in [0.1, 0.15) is 5.75 Å². The summed E-state index contributed by atoms with van der Waals surface area (Å²) in [6.07, 6.45) is 2.21. The van der Waals surface area contributed by atoms with Gasteiger partial charge in [-0.1, -0.05) is 19.9 Å². The second-order valence-electron chi connectivity index (χ2n) is 4.63. The standard InChI is InChI=1S/C15H24BrNO2/c1-4-13(5-2)17(8-9-18)11-12-6-7-15(19-3)14(16)10-12/h6-7,10,13,18H,4-5,8-9,11H2,1-3H3. The van der Waals surface area contributed by atoms with Crippen molar-refractivity contribution >= 4 is 15.9 Å². The van der Waals surface area contributed by atoms with E-state index < -0.39 is 0 Å². The van der Waals surface area contributed by atoms with Crippen molar-refractivity contribution in [3.05, 3.63) is 28.2 Å². The van der Waals surface area contributed by atoms with Crippen LogP contribution in [0.4, 0.5) is 0 Å². The minimum absolute atomic E-state index is 0.202. The van der Waals surface area contributed by atoms with Crippen LogP contribution in [0, 0.1) is 0 Å². The van der Waals surface area contributed by atoms with Crippen LogP contribution in [0.15, 0.2) is 22.7 Å². The largest absolute Gasteiger partial charge is 0.496 e. The molecule has 0 radical (unpaired) electrons.